The maximum Gasteiger partial charge on any atom is 0.243 e. The lowest BCUT2D eigenvalue weighted by Crippen LogP contribution is -2.59. The molecule has 99 heavy (non-hydrogen) atoms. The summed E-state index contributed by atoms with van der Waals surface area (Å²) in [4.78, 5) is 84.0. The fourth-order valence-electron chi connectivity index (χ4n) is 12.3. The number of guanidine groups is 1. The molecule has 2 aromatic carbocycles. The number of nitrogens with one attached hydrogen (secondary N) is 6. The third-order valence-corrected chi connectivity index (χ3v) is 19.5. The van der Waals surface area contributed by atoms with Crippen LogP contribution in [0.1, 0.15) is 193 Å². The molecule has 5 rings (SSSR count). The van der Waals surface area contributed by atoms with Gasteiger partial charge in [0.25, 0.3) is 0 Å². The Morgan fingerprint density at radius 2 is 1.13 bits per heavy atom. The molecule has 3 aromatic heterocycles. The Balaban J connectivity index is 1.12. The number of rotatable bonds is 51. The predicted molar refractivity (Wildman–Crippen MR) is 385 cm³/mol. The number of imidazole rings is 1. The monoisotopic (exact) mass is 1380 g/mol. The Morgan fingerprint density at radius 1 is 0.566 bits per heavy atom. The zero-order chi connectivity index (χ0) is 72.4. The highest BCUT2D eigenvalue weighted by molar-refractivity contribution is 5.96. The largest absolute Gasteiger partial charge is 0.393 e. The molecule has 552 valence electrons. The van der Waals surface area contributed by atoms with Crippen molar-refractivity contribution >= 4 is 46.4 Å². The maximum atomic E-state index is 14.5. The van der Waals surface area contributed by atoms with Gasteiger partial charge in [0, 0.05) is 80.6 Å². The summed E-state index contributed by atoms with van der Waals surface area (Å²) in [5.41, 5.74) is 20.7. The number of aryl methyl sites for hydroxylation is 2. The van der Waals surface area contributed by atoms with Gasteiger partial charge in [-0.1, -0.05) is 116 Å². The highest BCUT2D eigenvalue weighted by Crippen LogP contribution is 2.28. The van der Waals surface area contributed by atoms with Gasteiger partial charge in [0.05, 0.1) is 48.6 Å². The van der Waals surface area contributed by atoms with Crippen LogP contribution in [0.2, 0.25) is 0 Å². The Kier molecular flexibility index (Phi) is 36.7. The Hall–Kier alpha value is -7.29. The summed E-state index contributed by atoms with van der Waals surface area (Å²) < 4.78 is 8.41. The van der Waals surface area contributed by atoms with E-state index in [-0.39, 0.29) is 105 Å². The molecular weight excluding hydrogens is 1260 g/mol. The van der Waals surface area contributed by atoms with Crippen LogP contribution in [0.5, 0.6) is 0 Å². The van der Waals surface area contributed by atoms with Crippen LogP contribution < -0.4 is 38.5 Å². The summed E-state index contributed by atoms with van der Waals surface area (Å²) in [5, 5.41) is 75.0. The number of benzene rings is 2. The number of aliphatic imine (C=N–C) groups is 1. The van der Waals surface area contributed by atoms with E-state index in [0.29, 0.717) is 95.0 Å². The van der Waals surface area contributed by atoms with Crippen molar-refractivity contribution in [2.24, 2.45) is 57.7 Å². The van der Waals surface area contributed by atoms with Crippen molar-refractivity contribution < 1.29 is 54.2 Å². The molecule has 0 aliphatic carbocycles. The quantitative estimate of drug-likeness (QED) is 0.0112. The molecule has 0 fully saturated rings. The van der Waals surface area contributed by atoms with Gasteiger partial charge in [-0.2, -0.15) is 0 Å². The lowest BCUT2D eigenvalue weighted by molar-refractivity contribution is -0.134. The number of aliphatic hydroxyl groups excluding tert-OH is 5. The molecule has 0 aliphatic rings. The first-order valence-electron chi connectivity index (χ1n) is 36.3. The van der Waals surface area contributed by atoms with Gasteiger partial charge >= 0.3 is 0 Å². The fraction of sp³-hybridized carbons (Fsp3) is 0.662. The van der Waals surface area contributed by atoms with Crippen LogP contribution in [0.25, 0.3) is 10.9 Å². The van der Waals surface area contributed by atoms with Gasteiger partial charge in [0.2, 0.25) is 29.5 Å². The van der Waals surface area contributed by atoms with Crippen molar-refractivity contribution in [1.82, 2.24) is 51.2 Å². The van der Waals surface area contributed by atoms with Gasteiger partial charge in [-0.25, -0.2) is 4.98 Å². The van der Waals surface area contributed by atoms with Gasteiger partial charge < -0.3 is 78.7 Å². The predicted octanol–water partition coefficient (Wildman–Crippen LogP) is 6.52. The minimum absolute atomic E-state index is 0.0199. The minimum atomic E-state index is -1.23. The molecule has 5 amide bonds. The summed E-state index contributed by atoms with van der Waals surface area (Å²) >= 11 is 0. The smallest absolute Gasteiger partial charge is 0.243 e. The zero-order valence-electron chi connectivity index (χ0n) is 60.1. The number of unbranched alkanes of at least 4 members (excludes halogenated alkanes) is 3. The standard InChI is InChI=1S/C74H120N14O11/c1-47(2)63(89)31-27-49(5)65(91)33-29-51(7)67(93)35-36-68(52(8)30-34-66(92)50(6)28-32-64(90)48(3)4)99-39-18-16-22-55-45-88(87-86-55)38-17-10-13-26-69(94)82-62(42-56-44-78-46-81-56)73(98)85-61(40-53-20-11-9-12-21-53)72(97)83-59(25-19-37-79-74(76)77)71(96)84-60(70(75)95)41-54-43-80-58-24-15-14-23-57(54)58/h9,11-12,14-15,20-21,23-24,43-52,59-68,80,89-93H,10,13,16-19,22,25-42H2,1-8H3,(H2,75,95)(H,78,81)(H,82,94)(H,83,97)(H,84,96)(H,85,98)(H4,76,77,79)/t49?,50?,51?,52?,59-,60-,61+,62-,63?,64?,65?,66?,67?,68?/m0/s1. The van der Waals surface area contributed by atoms with Crippen molar-refractivity contribution in [3.05, 3.63) is 102 Å². The van der Waals surface area contributed by atoms with Gasteiger partial charge in [0.1, 0.15) is 24.2 Å². The molecule has 5 aromatic rings. The van der Waals surface area contributed by atoms with Gasteiger partial charge in [0.15, 0.2) is 5.96 Å². The van der Waals surface area contributed by atoms with E-state index >= 15 is 0 Å². The number of H-pyrrole nitrogens is 2. The summed E-state index contributed by atoms with van der Waals surface area (Å²) in [6.07, 6.45) is 15.6. The number of ether oxygens (including phenoxy) is 1. The molecule has 0 spiro atoms. The molecule has 25 heteroatoms. The number of fused-ring (bicyclic) bond motifs is 1. The van der Waals surface area contributed by atoms with Crippen LogP contribution in [0.3, 0.4) is 0 Å². The molecule has 0 saturated heterocycles. The topological polar surface area (TPSA) is 409 Å². The maximum absolute atomic E-state index is 14.5. The molecule has 0 bridgehead atoms. The summed E-state index contributed by atoms with van der Waals surface area (Å²) in [7, 11) is 0. The van der Waals surface area contributed by atoms with Gasteiger partial charge in [-0.3, -0.25) is 33.6 Å². The number of nitrogens with zero attached hydrogens (tertiary/aromatic N) is 5. The van der Waals surface area contributed by atoms with E-state index in [1.807, 2.05) is 85.0 Å². The molecule has 0 aliphatic heterocycles. The van der Waals surface area contributed by atoms with Gasteiger partial charge in [-0.15, -0.1) is 5.10 Å². The second kappa shape index (κ2) is 44.1. The zero-order valence-corrected chi connectivity index (χ0v) is 60.1. The first-order chi connectivity index (χ1) is 47.3. The highest BCUT2D eigenvalue weighted by Gasteiger charge is 2.33. The number of para-hydroxylation sites is 1. The SMILES string of the molecule is CC(C)C(O)CCC(C)C(O)CCC(C)C(O)CCC(OCCCCc1cn(CCCCCC(=O)N[C@@H](Cc2cnc[nH]2)C(=O)N[C@H](Cc2ccccc2)C(=O)N[C@@H](CCCN=C(N)N)C(=O)N[C@@H](Cc2c[nH]c3ccccc23)C(N)=O)nn1)C(C)CCC(O)C(C)CCC(O)C(C)C. The van der Waals surface area contributed by atoms with Crippen molar-refractivity contribution in [3.8, 4) is 0 Å². The van der Waals surface area contributed by atoms with Gasteiger partial charge in [-0.05, 0) is 162 Å². The lowest BCUT2D eigenvalue weighted by atomic mass is 9.86. The minimum Gasteiger partial charge on any atom is -0.393 e. The molecule has 3 heterocycles. The van der Waals surface area contributed by atoms with E-state index in [1.54, 1.807) is 41.3 Å². The van der Waals surface area contributed by atoms with E-state index in [0.717, 1.165) is 54.3 Å². The first-order valence-corrected chi connectivity index (χ1v) is 36.3. The number of carbonyl (C=O) groups is 5. The third-order valence-electron chi connectivity index (χ3n) is 19.5. The highest BCUT2D eigenvalue weighted by atomic mass is 16.5. The second-order valence-electron chi connectivity index (χ2n) is 28.5. The third kappa shape index (κ3) is 30.6. The van der Waals surface area contributed by atoms with Crippen molar-refractivity contribution in [2.45, 2.75) is 264 Å². The average Bonchev–Trinajstić information content (AvgIpc) is 1.73. The number of carbonyl (C=O) groups excluding carboxylic acids is 5. The number of aromatic amines is 2. The molecule has 10 unspecified atom stereocenters. The van der Waals surface area contributed by atoms with Crippen LogP contribution in [0.15, 0.2) is 84.5 Å². The number of aliphatic hydroxyl groups is 5. The number of hydrogen-bond donors (Lipinski definition) is 14. The first kappa shape index (κ1) is 82.4. The Labute approximate surface area is 586 Å². The van der Waals surface area contributed by atoms with Crippen LogP contribution in [-0.4, -0.2) is 165 Å². The lowest BCUT2D eigenvalue weighted by Gasteiger charge is -2.29. The average molecular weight is 1380 g/mol. The molecule has 25 nitrogen and oxygen atoms in total. The van der Waals surface area contributed by atoms with E-state index in [2.05, 4.69) is 58.4 Å². The molecule has 0 radical (unpaired) electrons. The van der Waals surface area contributed by atoms with E-state index in [1.165, 1.54) is 6.33 Å². The van der Waals surface area contributed by atoms with Crippen LogP contribution >= 0.6 is 0 Å². The van der Waals surface area contributed by atoms with Crippen molar-refractivity contribution in [2.75, 3.05) is 13.2 Å². The number of nitrogens with two attached hydrogens (primary N) is 3. The molecule has 0 saturated carbocycles. The number of amides is 5. The second-order valence-corrected chi connectivity index (χ2v) is 28.5. The number of hydrogen-bond acceptors (Lipinski definition) is 15. The molecule has 14 atom stereocenters. The van der Waals surface area contributed by atoms with Crippen molar-refractivity contribution in [3.63, 3.8) is 0 Å². The fourth-order valence-corrected chi connectivity index (χ4v) is 12.3. The number of primary amides is 1. The summed E-state index contributed by atoms with van der Waals surface area (Å²) in [6, 6.07) is 11.8. The van der Waals surface area contributed by atoms with E-state index < -0.39 is 72.2 Å². The Bertz CT molecular complexity index is 3140. The Morgan fingerprint density at radius 3 is 1.74 bits per heavy atom. The molecule has 17 N–H and O–H groups in total. The van der Waals surface area contributed by atoms with E-state index in [9.17, 15) is 49.5 Å². The number of aromatic nitrogens is 6. The summed E-state index contributed by atoms with van der Waals surface area (Å²) in [6.45, 7) is 17.5. The van der Waals surface area contributed by atoms with Crippen LogP contribution in [0, 0.1) is 35.5 Å². The van der Waals surface area contributed by atoms with Crippen LogP contribution in [0.4, 0.5) is 0 Å². The van der Waals surface area contributed by atoms with Crippen LogP contribution in [-0.2, 0) is 60.9 Å². The molecular formula is C74H120N14O11. The van der Waals surface area contributed by atoms with Crippen molar-refractivity contribution in [1.29, 1.82) is 0 Å². The van der Waals surface area contributed by atoms with E-state index in [4.69, 9.17) is 21.9 Å². The summed E-state index contributed by atoms with van der Waals surface area (Å²) in [5.74, 6) is -2.77. The normalized spacial score (nSPS) is 16.1.